The van der Waals surface area contributed by atoms with Gasteiger partial charge in [-0.2, -0.15) is 0 Å². The normalized spacial score (nSPS) is 10.4. The number of nitrogens with one attached hydrogen (secondary N) is 2. The van der Waals surface area contributed by atoms with Crippen LogP contribution in [0.25, 0.3) is 10.9 Å². The summed E-state index contributed by atoms with van der Waals surface area (Å²) in [5.74, 6) is -2.10. The molecule has 0 saturated carbocycles. The minimum atomic E-state index is -0.841. The van der Waals surface area contributed by atoms with E-state index in [1.165, 1.54) is 6.07 Å². The number of anilines is 1. The second kappa shape index (κ2) is 6.87. The Labute approximate surface area is 137 Å². The fraction of sp³-hybridized carbons (Fsp3) is 0.0556. The number of carbonyl (C=O) groups excluding carboxylic acids is 2. The van der Waals surface area contributed by atoms with Crippen molar-refractivity contribution >= 4 is 28.4 Å². The lowest BCUT2D eigenvalue weighted by Gasteiger charge is -2.09. The van der Waals surface area contributed by atoms with Crippen molar-refractivity contribution in [1.29, 1.82) is 0 Å². The van der Waals surface area contributed by atoms with E-state index in [-0.39, 0.29) is 6.54 Å². The number of carbonyl (C=O) groups is 2. The van der Waals surface area contributed by atoms with Gasteiger partial charge in [0.15, 0.2) is 0 Å². The number of benzene rings is 2. The van der Waals surface area contributed by atoms with Gasteiger partial charge in [0.25, 0.3) is 0 Å². The highest BCUT2D eigenvalue weighted by molar-refractivity contribution is 6.40. The van der Waals surface area contributed by atoms with E-state index >= 15 is 0 Å². The molecule has 6 heteroatoms. The van der Waals surface area contributed by atoms with Crippen LogP contribution in [0.5, 0.6) is 0 Å². The quantitative estimate of drug-likeness (QED) is 0.728. The molecule has 0 saturated heterocycles. The molecular formula is C18H14FN3O2. The highest BCUT2D eigenvalue weighted by Gasteiger charge is 2.15. The number of rotatable bonds is 3. The number of halogens is 1. The van der Waals surface area contributed by atoms with Crippen LogP contribution < -0.4 is 10.6 Å². The van der Waals surface area contributed by atoms with Crippen LogP contribution >= 0.6 is 0 Å². The molecule has 0 bridgehead atoms. The number of pyridine rings is 1. The molecule has 0 fully saturated rings. The van der Waals surface area contributed by atoms with Crippen molar-refractivity contribution in [2.45, 2.75) is 6.54 Å². The largest absolute Gasteiger partial charge is 0.344 e. The molecule has 2 aromatic carbocycles. The molecule has 2 amide bonds. The molecule has 3 rings (SSSR count). The zero-order chi connectivity index (χ0) is 16.9. The molecule has 0 aliphatic heterocycles. The molecule has 5 nitrogen and oxygen atoms in total. The van der Waals surface area contributed by atoms with Crippen LogP contribution in [0.4, 0.5) is 10.1 Å². The van der Waals surface area contributed by atoms with Crippen LogP contribution in [-0.4, -0.2) is 16.8 Å². The standard InChI is InChI=1S/C18H14FN3O2/c19-14-8-2-1-5-13(14)11-21-17(23)18(24)22-15-9-3-6-12-7-4-10-20-16(12)15/h1-10H,11H2,(H,21,23)(H,22,24). The Morgan fingerprint density at radius 2 is 1.75 bits per heavy atom. The number of para-hydroxylation sites is 1. The van der Waals surface area contributed by atoms with Gasteiger partial charge in [0.1, 0.15) is 5.82 Å². The summed E-state index contributed by atoms with van der Waals surface area (Å²) in [7, 11) is 0. The van der Waals surface area contributed by atoms with Gasteiger partial charge in [0.05, 0.1) is 11.2 Å². The SMILES string of the molecule is O=C(NCc1ccccc1F)C(=O)Nc1cccc2cccnc12. The summed E-state index contributed by atoms with van der Waals surface area (Å²) in [4.78, 5) is 28.1. The molecule has 0 radical (unpaired) electrons. The van der Waals surface area contributed by atoms with Crippen molar-refractivity contribution in [1.82, 2.24) is 10.3 Å². The minimum absolute atomic E-state index is 0.0628. The highest BCUT2D eigenvalue weighted by Crippen LogP contribution is 2.20. The maximum absolute atomic E-state index is 13.5. The molecule has 0 spiro atoms. The van der Waals surface area contributed by atoms with E-state index in [2.05, 4.69) is 15.6 Å². The zero-order valence-corrected chi connectivity index (χ0v) is 12.6. The third kappa shape index (κ3) is 3.38. The van der Waals surface area contributed by atoms with Gasteiger partial charge in [-0.05, 0) is 18.2 Å². The molecule has 24 heavy (non-hydrogen) atoms. The van der Waals surface area contributed by atoms with Gasteiger partial charge in [-0.25, -0.2) is 4.39 Å². The summed E-state index contributed by atoms with van der Waals surface area (Å²) >= 11 is 0. The van der Waals surface area contributed by atoms with Crippen molar-refractivity contribution in [3.05, 3.63) is 72.2 Å². The fourth-order valence-electron chi connectivity index (χ4n) is 2.28. The second-order valence-electron chi connectivity index (χ2n) is 5.11. The zero-order valence-electron chi connectivity index (χ0n) is 12.6. The van der Waals surface area contributed by atoms with Crippen molar-refractivity contribution in [2.75, 3.05) is 5.32 Å². The number of aromatic nitrogens is 1. The van der Waals surface area contributed by atoms with Crippen LogP contribution in [0.1, 0.15) is 5.56 Å². The molecule has 0 aliphatic rings. The lowest BCUT2D eigenvalue weighted by atomic mass is 10.2. The highest BCUT2D eigenvalue weighted by atomic mass is 19.1. The molecule has 0 atom stereocenters. The molecule has 2 N–H and O–H groups in total. The number of fused-ring (bicyclic) bond motifs is 1. The molecule has 0 unspecified atom stereocenters. The average molecular weight is 323 g/mol. The van der Waals surface area contributed by atoms with E-state index < -0.39 is 17.6 Å². The summed E-state index contributed by atoms with van der Waals surface area (Å²) in [6, 6.07) is 15.0. The van der Waals surface area contributed by atoms with Gasteiger partial charge in [-0.15, -0.1) is 0 Å². The molecule has 1 heterocycles. The van der Waals surface area contributed by atoms with E-state index in [0.717, 1.165) is 5.39 Å². The molecular weight excluding hydrogens is 309 g/mol. The van der Waals surface area contributed by atoms with Crippen molar-refractivity contribution in [3.63, 3.8) is 0 Å². The Balaban J connectivity index is 1.68. The summed E-state index contributed by atoms with van der Waals surface area (Å²) in [5, 5.41) is 5.77. The molecule has 3 aromatic rings. The third-order valence-corrected chi connectivity index (χ3v) is 3.48. The van der Waals surface area contributed by atoms with E-state index in [0.29, 0.717) is 16.8 Å². The van der Waals surface area contributed by atoms with E-state index in [1.54, 1.807) is 42.6 Å². The Morgan fingerprint density at radius 1 is 0.958 bits per heavy atom. The topological polar surface area (TPSA) is 71.1 Å². The van der Waals surface area contributed by atoms with Crippen LogP contribution in [0.3, 0.4) is 0 Å². The fourth-order valence-corrected chi connectivity index (χ4v) is 2.28. The second-order valence-corrected chi connectivity index (χ2v) is 5.11. The number of hydrogen-bond donors (Lipinski definition) is 2. The first-order valence-corrected chi connectivity index (χ1v) is 7.31. The van der Waals surface area contributed by atoms with Crippen LogP contribution in [-0.2, 0) is 16.1 Å². The first-order chi connectivity index (χ1) is 11.6. The monoisotopic (exact) mass is 323 g/mol. The molecule has 120 valence electrons. The van der Waals surface area contributed by atoms with Gasteiger partial charge in [-0.3, -0.25) is 14.6 Å². The molecule has 0 aliphatic carbocycles. The van der Waals surface area contributed by atoms with E-state index in [1.807, 2.05) is 12.1 Å². The summed E-state index contributed by atoms with van der Waals surface area (Å²) in [6.07, 6.45) is 1.61. The van der Waals surface area contributed by atoms with Crippen molar-refractivity contribution in [2.24, 2.45) is 0 Å². The first-order valence-electron chi connectivity index (χ1n) is 7.31. The van der Waals surface area contributed by atoms with Crippen molar-refractivity contribution in [3.8, 4) is 0 Å². The van der Waals surface area contributed by atoms with Gasteiger partial charge in [-0.1, -0.05) is 36.4 Å². The number of amides is 2. The Bertz CT molecular complexity index is 906. The Kier molecular flexibility index (Phi) is 4.47. The Hall–Kier alpha value is -3.28. The summed E-state index contributed by atoms with van der Waals surface area (Å²) < 4.78 is 13.5. The molecule has 1 aromatic heterocycles. The van der Waals surface area contributed by atoms with Crippen molar-refractivity contribution < 1.29 is 14.0 Å². The van der Waals surface area contributed by atoms with Gasteiger partial charge in [0.2, 0.25) is 0 Å². The predicted molar refractivity (Wildman–Crippen MR) is 88.6 cm³/mol. The predicted octanol–water partition coefficient (Wildman–Crippen LogP) is 2.63. The minimum Gasteiger partial charge on any atom is -0.344 e. The average Bonchev–Trinajstić information content (AvgIpc) is 2.61. The lowest BCUT2D eigenvalue weighted by Crippen LogP contribution is -2.35. The van der Waals surface area contributed by atoms with Gasteiger partial charge < -0.3 is 10.6 Å². The van der Waals surface area contributed by atoms with Crippen LogP contribution in [0.2, 0.25) is 0 Å². The first kappa shape index (κ1) is 15.6. The summed E-state index contributed by atoms with van der Waals surface area (Å²) in [6.45, 7) is -0.0628. The number of nitrogens with zero attached hydrogens (tertiary/aromatic N) is 1. The summed E-state index contributed by atoms with van der Waals surface area (Å²) in [5.41, 5.74) is 1.35. The van der Waals surface area contributed by atoms with E-state index in [4.69, 9.17) is 0 Å². The van der Waals surface area contributed by atoms with Gasteiger partial charge >= 0.3 is 11.8 Å². The van der Waals surface area contributed by atoms with Crippen LogP contribution in [0.15, 0.2) is 60.8 Å². The third-order valence-electron chi connectivity index (χ3n) is 3.48. The maximum Gasteiger partial charge on any atom is 0.313 e. The van der Waals surface area contributed by atoms with Crippen LogP contribution in [0, 0.1) is 5.82 Å². The lowest BCUT2D eigenvalue weighted by molar-refractivity contribution is -0.136. The Morgan fingerprint density at radius 3 is 2.58 bits per heavy atom. The maximum atomic E-state index is 13.5. The number of hydrogen-bond acceptors (Lipinski definition) is 3. The van der Waals surface area contributed by atoms with E-state index in [9.17, 15) is 14.0 Å². The smallest absolute Gasteiger partial charge is 0.313 e. The van der Waals surface area contributed by atoms with Gasteiger partial charge in [0, 0.05) is 23.7 Å².